The predicted octanol–water partition coefficient (Wildman–Crippen LogP) is 2.30. The Kier molecular flexibility index (Phi) is 2.36. The molecule has 2 rings (SSSR count). The lowest BCUT2D eigenvalue weighted by Gasteiger charge is -2.11. The Morgan fingerprint density at radius 3 is 2.67 bits per heavy atom. The normalized spacial score (nSPS) is 12.0. The molecule has 0 bridgehead atoms. The first-order valence-corrected chi connectivity index (χ1v) is 5.54. The van der Waals surface area contributed by atoms with E-state index in [9.17, 15) is 0 Å². The fourth-order valence-electron chi connectivity index (χ4n) is 1.17. The van der Waals surface area contributed by atoms with Crippen LogP contribution in [0.2, 0.25) is 0 Å². The van der Waals surface area contributed by atoms with Crippen LogP contribution in [-0.2, 0) is 5.54 Å². The van der Waals surface area contributed by atoms with Crippen LogP contribution in [0.25, 0.3) is 10.8 Å². The minimum absolute atomic E-state index is 0.533. The smallest absolute Gasteiger partial charge is 0.268 e. The van der Waals surface area contributed by atoms with Crippen LogP contribution in [0.4, 0.5) is 0 Å². The fraction of sp³-hybridized carbons (Fsp3) is 0.400. The zero-order valence-electron chi connectivity index (χ0n) is 8.94. The standard InChI is InChI=1S/C10H13N3OS/c1-6-4-5-15-7(6)8-12-9(13-14-8)10(2,3)11/h4-5H,11H2,1-3H3. The molecule has 2 aromatic rings. The predicted molar refractivity (Wildman–Crippen MR) is 59.6 cm³/mol. The first-order valence-electron chi connectivity index (χ1n) is 4.66. The van der Waals surface area contributed by atoms with Gasteiger partial charge in [0.25, 0.3) is 5.89 Å². The van der Waals surface area contributed by atoms with Crippen molar-refractivity contribution >= 4 is 11.3 Å². The molecule has 0 aromatic carbocycles. The van der Waals surface area contributed by atoms with E-state index in [2.05, 4.69) is 10.1 Å². The molecule has 2 N–H and O–H groups in total. The van der Waals surface area contributed by atoms with Crippen molar-refractivity contribution in [2.45, 2.75) is 26.3 Å². The van der Waals surface area contributed by atoms with E-state index in [-0.39, 0.29) is 0 Å². The van der Waals surface area contributed by atoms with Crippen LogP contribution in [0.1, 0.15) is 25.2 Å². The zero-order valence-corrected chi connectivity index (χ0v) is 9.76. The van der Waals surface area contributed by atoms with Crippen LogP contribution < -0.4 is 5.73 Å². The van der Waals surface area contributed by atoms with Crippen molar-refractivity contribution in [2.24, 2.45) is 5.73 Å². The van der Waals surface area contributed by atoms with Crippen LogP contribution >= 0.6 is 11.3 Å². The molecule has 5 heteroatoms. The Bertz CT molecular complexity index is 467. The van der Waals surface area contributed by atoms with Crippen molar-refractivity contribution in [3.8, 4) is 10.8 Å². The number of nitrogens with zero attached hydrogens (tertiary/aromatic N) is 2. The molecule has 0 aliphatic heterocycles. The van der Waals surface area contributed by atoms with Gasteiger partial charge in [-0.2, -0.15) is 4.98 Å². The second-order valence-electron chi connectivity index (χ2n) is 4.08. The van der Waals surface area contributed by atoms with E-state index in [1.54, 1.807) is 11.3 Å². The molecule has 0 aliphatic carbocycles. The first-order chi connectivity index (χ1) is 6.98. The summed E-state index contributed by atoms with van der Waals surface area (Å²) in [6.45, 7) is 5.72. The third-order valence-electron chi connectivity index (χ3n) is 2.06. The van der Waals surface area contributed by atoms with Crippen LogP contribution in [0.15, 0.2) is 16.0 Å². The largest absolute Gasteiger partial charge is 0.333 e. The molecule has 0 atom stereocenters. The molecular formula is C10H13N3OS. The highest BCUT2D eigenvalue weighted by molar-refractivity contribution is 7.13. The Morgan fingerprint density at radius 2 is 2.20 bits per heavy atom. The summed E-state index contributed by atoms with van der Waals surface area (Å²) in [5.74, 6) is 1.08. The maximum Gasteiger partial charge on any atom is 0.268 e. The summed E-state index contributed by atoms with van der Waals surface area (Å²) in [6, 6.07) is 2.03. The van der Waals surface area contributed by atoms with Gasteiger partial charge in [-0.15, -0.1) is 11.3 Å². The summed E-state index contributed by atoms with van der Waals surface area (Å²) in [5.41, 5.74) is 6.46. The number of aryl methyl sites for hydroxylation is 1. The summed E-state index contributed by atoms with van der Waals surface area (Å²) < 4.78 is 5.19. The third-order valence-corrected chi connectivity index (χ3v) is 3.06. The molecule has 2 heterocycles. The van der Waals surface area contributed by atoms with Crippen molar-refractivity contribution in [3.63, 3.8) is 0 Å². The van der Waals surface area contributed by atoms with E-state index >= 15 is 0 Å². The maximum atomic E-state index is 5.88. The highest BCUT2D eigenvalue weighted by Gasteiger charge is 2.22. The van der Waals surface area contributed by atoms with E-state index in [1.165, 1.54) is 0 Å². The highest BCUT2D eigenvalue weighted by atomic mass is 32.1. The Labute approximate surface area is 92.1 Å². The lowest BCUT2D eigenvalue weighted by molar-refractivity contribution is 0.397. The van der Waals surface area contributed by atoms with Crippen molar-refractivity contribution in [1.29, 1.82) is 0 Å². The number of hydrogen-bond acceptors (Lipinski definition) is 5. The van der Waals surface area contributed by atoms with E-state index in [4.69, 9.17) is 10.3 Å². The minimum Gasteiger partial charge on any atom is -0.333 e. The molecule has 4 nitrogen and oxygen atoms in total. The summed E-state index contributed by atoms with van der Waals surface area (Å²) in [6.07, 6.45) is 0. The van der Waals surface area contributed by atoms with Gasteiger partial charge in [0.1, 0.15) is 0 Å². The molecule has 0 fully saturated rings. The van der Waals surface area contributed by atoms with E-state index in [0.717, 1.165) is 10.4 Å². The second kappa shape index (κ2) is 3.43. The summed E-state index contributed by atoms with van der Waals surface area (Å²) >= 11 is 1.59. The van der Waals surface area contributed by atoms with Gasteiger partial charge in [-0.05, 0) is 37.8 Å². The summed E-state index contributed by atoms with van der Waals surface area (Å²) in [5, 5.41) is 5.88. The molecule has 0 amide bonds. The fourth-order valence-corrected chi connectivity index (χ4v) is 2.02. The van der Waals surface area contributed by atoms with Gasteiger partial charge in [-0.3, -0.25) is 0 Å². The Balaban J connectivity index is 2.41. The van der Waals surface area contributed by atoms with Gasteiger partial charge in [0.05, 0.1) is 10.4 Å². The number of thiophene rings is 1. The van der Waals surface area contributed by atoms with Crippen LogP contribution in [-0.4, -0.2) is 10.1 Å². The SMILES string of the molecule is Cc1ccsc1-c1nc(C(C)(C)N)no1. The van der Waals surface area contributed by atoms with Crippen molar-refractivity contribution in [1.82, 2.24) is 10.1 Å². The highest BCUT2D eigenvalue weighted by Crippen LogP contribution is 2.28. The minimum atomic E-state index is -0.563. The quantitative estimate of drug-likeness (QED) is 0.848. The topological polar surface area (TPSA) is 64.9 Å². The number of nitrogens with two attached hydrogens (primary N) is 1. The van der Waals surface area contributed by atoms with Gasteiger partial charge in [-0.1, -0.05) is 5.16 Å². The van der Waals surface area contributed by atoms with Gasteiger partial charge in [0.15, 0.2) is 5.82 Å². The third kappa shape index (κ3) is 1.93. The van der Waals surface area contributed by atoms with Gasteiger partial charge in [-0.25, -0.2) is 0 Å². The summed E-state index contributed by atoms with van der Waals surface area (Å²) in [4.78, 5) is 5.30. The molecule has 15 heavy (non-hydrogen) atoms. The molecule has 0 unspecified atom stereocenters. The van der Waals surface area contributed by atoms with Gasteiger partial charge in [0, 0.05) is 0 Å². The van der Waals surface area contributed by atoms with Crippen molar-refractivity contribution in [2.75, 3.05) is 0 Å². The van der Waals surface area contributed by atoms with E-state index in [0.29, 0.717) is 11.7 Å². The monoisotopic (exact) mass is 223 g/mol. The molecule has 2 aromatic heterocycles. The molecule has 0 saturated carbocycles. The second-order valence-corrected chi connectivity index (χ2v) is 4.99. The molecule has 0 spiro atoms. The number of hydrogen-bond donors (Lipinski definition) is 1. The number of aromatic nitrogens is 2. The zero-order chi connectivity index (χ0) is 11.1. The van der Waals surface area contributed by atoms with Crippen LogP contribution in [0, 0.1) is 6.92 Å². The molecule has 80 valence electrons. The molecule has 0 aliphatic rings. The molecule has 0 saturated heterocycles. The lowest BCUT2D eigenvalue weighted by atomic mass is 10.1. The average molecular weight is 223 g/mol. The van der Waals surface area contributed by atoms with E-state index in [1.807, 2.05) is 32.2 Å². The first kappa shape index (κ1) is 10.3. The molecular weight excluding hydrogens is 210 g/mol. The van der Waals surface area contributed by atoms with Crippen molar-refractivity contribution in [3.05, 3.63) is 22.8 Å². The van der Waals surface area contributed by atoms with Crippen LogP contribution in [0.5, 0.6) is 0 Å². The maximum absolute atomic E-state index is 5.88. The van der Waals surface area contributed by atoms with Gasteiger partial charge >= 0.3 is 0 Å². The average Bonchev–Trinajstić information content (AvgIpc) is 2.69. The van der Waals surface area contributed by atoms with Gasteiger partial charge in [0.2, 0.25) is 0 Å². The van der Waals surface area contributed by atoms with Crippen molar-refractivity contribution < 1.29 is 4.52 Å². The Morgan fingerprint density at radius 1 is 1.47 bits per heavy atom. The summed E-state index contributed by atoms with van der Waals surface area (Å²) in [7, 11) is 0. The van der Waals surface area contributed by atoms with Gasteiger partial charge < -0.3 is 10.3 Å². The number of rotatable bonds is 2. The van der Waals surface area contributed by atoms with E-state index < -0.39 is 5.54 Å². The lowest BCUT2D eigenvalue weighted by Crippen LogP contribution is -2.30. The van der Waals surface area contributed by atoms with Crippen LogP contribution in [0.3, 0.4) is 0 Å². The Hall–Kier alpha value is -1.20. The molecule has 0 radical (unpaired) electrons.